The number of hydrogen-bond donors (Lipinski definition) is 2. The van der Waals surface area contributed by atoms with E-state index in [0.717, 1.165) is 37.8 Å². The second-order valence-corrected chi connectivity index (χ2v) is 10.0. The van der Waals surface area contributed by atoms with Crippen LogP contribution in [-0.2, 0) is 6.54 Å². The van der Waals surface area contributed by atoms with Crippen molar-refractivity contribution in [2.24, 2.45) is 11.8 Å². The Morgan fingerprint density at radius 2 is 1.59 bits per heavy atom. The van der Waals surface area contributed by atoms with Crippen molar-refractivity contribution in [2.45, 2.75) is 53.0 Å². The van der Waals surface area contributed by atoms with Crippen molar-refractivity contribution in [3.63, 3.8) is 0 Å². The summed E-state index contributed by atoms with van der Waals surface area (Å²) >= 11 is 5.57. The minimum atomic E-state index is 0.549. The number of hydrogen-bond acceptors (Lipinski definition) is 5. The molecule has 0 bridgehead atoms. The quantitative estimate of drug-likeness (QED) is 0.635. The Morgan fingerprint density at radius 3 is 2.25 bits per heavy atom. The fourth-order valence-electron chi connectivity index (χ4n) is 4.81. The molecule has 2 aromatic rings. The molecule has 2 fully saturated rings. The molecule has 2 saturated heterocycles. The zero-order valence-corrected chi connectivity index (χ0v) is 20.4. The van der Waals surface area contributed by atoms with Crippen LogP contribution < -0.4 is 20.4 Å². The van der Waals surface area contributed by atoms with Gasteiger partial charge >= 0.3 is 0 Å². The van der Waals surface area contributed by atoms with Gasteiger partial charge in [0.05, 0.1) is 0 Å². The van der Waals surface area contributed by atoms with Crippen LogP contribution in [0.4, 0.5) is 17.6 Å². The highest BCUT2D eigenvalue weighted by molar-refractivity contribution is 7.80. The van der Waals surface area contributed by atoms with E-state index < -0.39 is 0 Å². The standard InChI is InChI=1S/C25H36N6S/c1-18-7-9-21(10-8-18)15-26-25(32)29-24-27-22(30-11-5-4-6-12-30)14-23(28-24)31-16-19(2)13-20(3)17-31/h7-10,14,19-20H,4-6,11-13,15-17H2,1-3H3,(H2,26,27,28,29,32). The summed E-state index contributed by atoms with van der Waals surface area (Å²) in [6, 6.07) is 10.6. The molecule has 6 nitrogen and oxygen atoms in total. The van der Waals surface area contributed by atoms with Crippen LogP contribution in [0.3, 0.4) is 0 Å². The van der Waals surface area contributed by atoms with Gasteiger partial charge in [-0.25, -0.2) is 0 Å². The van der Waals surface area contributed by atoms with Crippen molar-refractivity contribution < 1.29 is 0 Å². The molecule has 1 aromatic carbocycles. The summed E-state index contributed by atoms with van der Waals surface area (Å²) in [5, 5.41) is 7.09. The van der Waals surface area contributed by atoms with Gasteiger partial charge in [0.25, 0.3) is 0 Å². The summed E-state index contributed by atoms with van der Waals surface area (Å²) in [5.41, 5.74) is 2.45. The molecule has 2 aliphatic heterocycles. The molecule has 0 spiro atoms. The molecule has 4 rings (SSSR count). The fraction of sp³-hybridized carbons (Fsp3) is 0.560. The Bertz CT molecular complexity index is 899. The minimum absolute atomic E-state index is 0.549. The average molecular weight is 453 g/mol. The molecule has 2 aliphatic rings. The number of piperidine rings is 2. The molecule has 172 valence electrons. The first-order valence-corrected chi connectivity index (χ1v) is 12.4. The van der Waals surface area contributed by atoms with Crippen LogP contribution in [0.25, 0.3) is 0 Å². The molecule has 1 aromatic heterocycles. The van der Waals surface area contributed by atoms with Gasteiger partial charge in [-0.15, -0.1) is 0 Å². The van der Waals surface area contributed by atoms with Crippen molar-refractivity contribution in [1.82, 2.24) is 15.3 Å². The molecule has 2 atom stereocenters. The molecule has 0 aliphatic carbocycles. The Labute approximate surface area is 197 Å². The lowest BCUT2D eigenvalue weighted by molar-refractivity contribution is 0.355. The summed E-state index contributed by atoms with van der Waals surface area (Å²) in [4.78, 5) is 14.5. The number of nitrogens with zero attached hydrogens (tertiary/aromatic N) is 4. The SMILES string of the molecule is Cc1ccc(CNC(=S)Nc2nc(N3CCCCC3)cc(N3CC(C)CC(C)C3)n2)cc1. The molecular formula is C25H36N6S. The third-order valence-corrected chi connectivity index (χ3v) is 6.62. The molecule has 2 N–H and O–H groups in total. The highest BCUT2D eigenvalue weighted by atomic mass is 32.1. The Kier molecular flexibility index (Phi) is 7.45. The van der Waals surface area contributed by atoms with Gasteiger partial charge in [-0.3, -0.25) is 0 Å². The minimum Gasteiger partial charge on any atom is -0.358 e. The lowest BCUT2D eigenvalue weighted by Crippen LogP contribution is -2.40. The molecule has 2 unspecified atom stereocenters. The van der Waals surface area contributed by atoms with E-state index in [1.807, 2.05) is 0 Å². The van der Waals surface area contributed by atoms with Gasteiger partial charge in [-0.2, -0.15) is 9.97 Å². The van der Waals surface area contributed by atoms with Crippen molar-refractivity contribution in [3.05, 3.63) is 41.5 Å². The molecule has 7 heteroatoms. The molecule has 32 heavy (non-hydrogen) atoms. The number of thiocarbonyl (C=S) groups is 1. The normalized spacial score (nSPS) is 21.3. The maximum atomic E-state index is 5.57. The summed E-state index contributed by atoms with van der Waals surface area (Å²) < 4.78 is 0. The van der Waals surface area contributed by atoms with Gasteiger partial charge in [0.2, 0.25) is 5.95 Å². The zero-order chi connectivity index (χ0) is 22.5. The summed E-state index contributed by atoms with van der Waals surface area (Å²) in [6.45, 7) is 11.6. The van der Waals surface area contributed by atoms with E-state index in [-0.39, 0.29) is 0 Å². The van der Waals surface area contributed by atoms with Crippen LogP contribution in [0.1, 0.15) is 50.7 Å². The van der Waals surface area contributed by atoms with Gasteiger partial charge in [0.1, 0.15) is 11.6 Å². The fourth-order valence-corrected chi connectivity index (χ4v) is 4.97. The summed E-state index contributed by atoms with van der Waals surface area (Å²) in [7, 11) is 0. The molecule has 0 amide bonds. The first kappa shape index (κ1) is 22.8. The molecule has 3 heterocycles. The van der Waals surface area contributed by atoms with Crippen molar-refractivity contribution in [2.75, 3.05) is 41.3 Å². The Morgan fingerprint density at radius 1 is 0.969 bits per heavy atom. The monoisotopic (exact) mass is 452 g/mol. The van der Waals surface area contributed by atoms with Crippen LogP contribution in [0.2, 0.25) is 0 Å². The molecule has 0 saturated carbocycles. The Balaban J connectivity index is 1.50. The molecule has 0 radical (unpaired) electrons. The van der Waals surface area contributed by atoms with Crippen LogP contribution >= 0.6 is 12.2 Å². The van der Waals surface area contributed by atoms with E-state index in [9.17, 15) is 0 Å². The van der Waals surface area contributed by atoms with Crippen molar-refractivity contribution >= 4 is 34.9 Å². The van der Waals surface area contributed by atoms with Gasteiger partial charge in [0, 0.05) is 38.8 Å². The largest absolute Gasteiger partial charge is 0.358 e. The lowest BCUT2D eigenvalue weighted by Gasteiger charge is -2.36. The highest BCUT2D eigenvalue weighted by Gasteiger charge is 2.25. The number of rotatable bonds is 5. The average Bonchev–Trinajstić information content (AvgIpc) is 2.78. The predicted molar refractivity (Wildman–Crippen MR) is 137 cm³/mol. The number of nitrogens with one attached hydrogen (secondary N) is 2. The first-order chi connectivity index (χ1) is 15.5. The Hall–Kier alpha value is -2.41. The van der Waals surface area contributed by atoms with Gasteiger partial charge in [-0.1, -0.05) is 43.7 Å². The van der Waals surface area contributed by atoms with E-state index in [1.165, 1.54) is 36.8 Å². The van der Waals surface area contributed by atoms with Gasteiger partial charge in [0.15, 0.2) is 5.11 Å². The van der Waals surface area contributed by atoms with Gasteiger partial charge in [-0.05, 0) is 62.2 Å². The molecular weight excluding hydrogens is 416 g/mol. The van der Waals surface area contributed by atoms with E-state index >= 15 is 0 Å². The maximum absolute atomic E-state index is 5.57. The van der Waals surface area contributed by atoms with Crippen LogP contribution in [0.5, 0.6) is 0 Å². The van der Waals surface area contributed by atoms with Crippen LogP contribution in [-0.4, -0.2) is 41.3 Å². The summed E-state index contributed by atoms with van der Waals surface area (Å²) in [6.07, 6.45) is 5.01. The smallest absolute Gasteiger partial charge is 0.232 e. The topological polar surface area (TPSA) is 56.3 Å². The van der Waals surface area contributed by atoms with Gasteiger partial charge < -0.3 is 20.4 Å². The second-order valence-electron chi connectivity index (χ2n) is 9.60. The third kappa shape index (κ3) is 6.09. The van der Waals surface area contributed by atoms with Crippen molar-refractivity contribution in [3.8, 4) is 0 Å². The lowest BCUT2D eigenvalue weighted by atomic mass is 9.92. The van der Waals surface area contributed by atoms with E-state index in [0.29, 0.717) is 29.4 Å². The van der Waals surface area contributed by atoms with E-state index in [4.69, 9.17) is 22.2 Å². The highest BCUT2D eigenvalue weighted by Crippen LogP contribution is 2.29. The summed E-state index contributed by atoms with van der Waals surface area (Å²) in [5.74, 6) is 3.92. The number of aromatic nitrogens is 2. The van der Waals surface area contributed by atoms with Crippen molar-refractivity contribution in [1.29, 1.82) is 0 Å². The van der Waals surface area contributed by atoms with Crippen LogP contribution in [0, 0.1) is 18.8 Å². The predicted octanol–water partition coefficient (Wildman–Crippen LogP) is 4.74. The van der Waals surface area contributed by atoms with E-state index in [2.05, 4.69) is 71.5 Å². The van der Waals surface area contributed by atoms with Crippen LogP contribution in [0.15, 0.2) is 30.3 Å². The second kappa shape index (κ2) is 10.5. The third-order valence-electron chi connectivity index (χ3n) is 6.37. The van der Waals surface area contributed by atoms with E-state index in [1.54, 1.807) is 0 Å². The maximum Gasteiger partial charge on any atom is 0.232 e. The number of aryl methyl sites for hydroxylation is 1. The number of benzene rings is 1. The number of anilines is 3. The zero-order valence-electron chi connectivity index (χ0n) is 19.6. The first-order valence-electron chi connectivity index (χ1n) is 12.0.